The number of carbonyl (C=O) groups excluding carboxylic acids is 2. The highest BCUT2D eigenvalue weighted by Crippen LogP contribution is 2.20. The molecular formula is C23H20FNO7. The number of carbonyl (C=O) groups is 4. The van der Waals surface area contributed by atoms with Crippen LogP contribution in [0.3, 0.4) is 0 Å². The first-order chi connectivity index (χ1) is 15.2. The second-order valence-electron chi connectivity index (χ2n) is 6.47. The summed E-state index contributed by atoms with van der Waals surface area (Å²) in [7, 11) is 0. The molecule has 0 bridgehead atoms. The molecule has 0 saturated heterocycles. The van der Waals surface area contributed by atoms with E-state index in [9.17, 15) is 23.6 Å². The highest BCUT2D eigenvalue weighted by molar-refractivity contribution is 5.91. The highest BCUT2D eigenvalue weighted by Gasteiger charge is 2.24. The van der Waals surface area contributed by atoms with Gasteiger partial charge in [-0.1, -0.05) is 36.4 Å². The van der Waals surface area contributed by atoms with E-state index in [-0.39, 0.29) is 13.0 Å². The quantitative estimate of drug-likeness (QED) is 0.382. The maximum absolute atomic E-state index is 13.0. The lowest BCUT2D eigenvalue weighted by molar-refractivity contribution is -0.152. The van der Waals surface area contributed by atoms with E-state index in [1.165, 1.54) is 60.7 Å². The first-order valence-electron chi connectivity index (χ1n) is 9.39. The zero-order valence-corrected chi connectivity index (χ0v) is 16.7. The average molecular weight is 441 g/mol. The molecule has 166 valence electrons. The van der Waals surface area contributed by atoms with E-state index in [1.807, 2.05) is 0 Å². The van der Waals surface area contributed by atoms with Crippen LogP contribution in [0.1, 0.15) is 29.2 Å². The van der Waals surface area contributed by atoms with Gasteiger partial charge < -0.3 is 20.3 Å². The van der Waals surface area contributed by atoms with Crippen molar-refractivity contribution in [1.82, 2.24) is 5.32 Å². The predicted molar refractivity (Wildman–Crippen MR) is 113 cm³/mol. The summed E-state index contributed by atoms with van der Waals surface area (Å²) in [6.45, 7) is -0.160. The topological polar surface area (TPSA) is 130 Å². The molecule has 8 nitrogen and oxygen atoms in total. The molecule has 3 N–H and O–H groups in total. The molecule has 9 heteroatoms. The van der Waals surface area contributed by atoms with Crippen LogP contribution < -0.4 is 5.32 Å². The molecule has 0 aliphatic rings. The number of benzene rings is 2. The van der Waals surface area contributed by atoms with Crippen molar-refractivity contribution in [3.05, 3.63) is 83.2 Å². The third-order valence-corrected chi connectivity index (χ3v) is 4.05. The normalized spacial score (nSPS) is 11.9. The van der Waals surface area contributed by atoms with Gasteiger partial charge in [0.25, 0.3) is 5.91 Å². The number of hydrogen-bond donors (Lipinski definition) is 3. The molecule has 1 unspecified atom stereocenters. The average Bonchev–Trinajstić information content (AvgIpc) is 2.75. The first kappa shape index (κ1) is 24.0. The monoisotopic (exact) mass is 441 g/mol. The molecule has 1 atom stereocenters. The van der Waals surface area contributed by atoms with E-state index in [2.05, 4.69) is 5.32 Å². The van der Waals surface area contributed by atoms with Crippen LogP contribution in [-0.4, -0.2) is 40.6 Å². The maximum atomic E-state index is 13.0. The van der Waals surface area contributed by atoms with Crippen molar-refractivity contribution < 1.29 is 38.5 Å². The molecule has 2 rings (SSSR count). The second-order valence-corrected chi connectivity index (χ2v) is 6.47. The molecule has 2 aromatic carbocycles. The van der Waals surface area contributed by atoms with Gasteiger partial charge in [-0.2, -0.15) is 0 Å². The van der Waals surface area contributed by atoms with Crippen molar-refractivity contribution in [3.8, 4) is 0 Å². The van der Waals surface area contributed by atoms with Crippen LogP contribution >= 0.6 is 0 Å². The molecule has 1 amide bonds. The number of nitrogens with one attached hydrogen (secondary N) is 1. The van der Waals surface area contributed by atoms with Gasteiger partial charge in [0.05, 0.1) is 6.42 Å². The Morgan fingerprint density at radius 2 is 1.47 bits per heavy atom. The van der Waals surface area contributed by atoms with Gasteiger partial charge in [0.1, 0.15) is 5.82 Å². The number of halogens is 1. The summed E-state index contributed by atoms with van der Waals surface area (Å²) >= 11 is 0. The van der Waals surface area contributed by atoms with Gasteiger partial charge in [-0.25, -0.2) is 14.0 Å². The molecule has 0 spiro atoms. The highest BCUT2D eigenvalue weighted by atomic mass is 19.1. The van der Waals surface area contributed by atoms with Gasteiger partial charge in [-0.15, -0.1) is 0 Å². The lowest BCUT2D eigenvalue weighted by Gasteiger charge is -2.17. The number of carboxylic acid groups (broad SMARTS) is 2. The van der Waals surface area contributed by atoms with Gasteiger partial charge in [0.15, 0.2) is 0 Å². The third kappa shape index (κ3) is 8.23. The zero-order chi connectivity index (χ0) is 23.5. The van der Waals surface area contributed by atoms with Crippen molar-refractivity contribution in [2.75, 3.05) is 6.54 Å². The Labute approximate surface area is 182 Å². The molecule has 32 heavy (non-hydrogen) atoms. The number of aliphatic carboxylic acids is 2. The van der Waals surface area contributed by atoms with Crippen LogP contribution in [0.5, 0.6) is 0 Å². The Hall–Kier alpha value is -4.27. The zero-order valence-electron chi connectivity index (χ0n) is 16.7. The van der Waals surface area contributed by atoms with Crippen molar-refractivity contribution in [2.45, 2.75) is 12.5 Å². The van der Waals surface area contributed by atoms with Crippen LogP contribution in [-0.2, 0) is 23.9 Å². The van der Waals surface area contributed by atoms with E-state index in [0.29, 0.717) is 16.7 Å². The fourth-order valence-corrected chi connectivity index (χ4v) is 2.50. The molecule has 2 aromatic rings. The van der Waals surface area contributed by atoms with Crippen LogP contribution in [0, 0.1) is 5.82 Å². The summed E-state index contributed by atoms with van der Waals surface area (Å²) in [6, 6.07) is 11.4. The number of hydrogen-bond acceptors (Lipinski definition) is 5. The van der Waals surface area contributed by atoms with E-state index >= 15 is 0 Å². The molecule has 0 fully saturated rings. The fourth-order valence-electron chi connectivity index (χ4n) is 2.50. The minimum absolute atomic E-state index is 0.160. The van der Waals surface area contributed by atoms with Gasteiger partial charge in [0, 0.05) is 24.3 Å². The molecule has 0 radical (unpaired) electrons. The SMILES string of the molecule is O=C(O)/C=C/c1ccc(C(OC(=O)/C=C/c2ccc(F)cc2)C(=O)NCCC(=O)O)cc1. The molecular weight excluding hydrogens is 421 g/mol. The summed E-state index contributed by atoms with van der Waals surface area (Å²) < 4.78 is 18.2. The maximum Gasteiger partial charge on any atom is 0.331 e. The van der Waals surface area contributed by atoms with Gasteiger partial charge in [-0.05, 0) is 35.4 Å². The van der Waals surface area contributed by atoms with Gasteiger partial charge >= 0.3 is 17.9 Å². The Bertz CT molecular complexity index is 1030. The number of rotatable bonds is 10. The molecule has 0 aliphatic heterocycles. The second kappa shape index (κ2) is 11.8. The minimum Gasteiger partial charge on any atom is -0.481 e. The van der Waals surface area contributed by atoms with E-state index in [1.54, 1.807) is 0 Å². The van der Waals surface area contributed by atoms with Crippen LogP contribution in [0.4, 0.5) is 4.39 Å². The van der Waals surface area contributed by atoms with Crippen LogP contribution in [0.15, 0.2) is 60.7 Å². The van der Waals surface area contributed by atoms with Crippen molar-refractivity contribution in [1.29, 1.82) is 0 Å². The van der Waals surface area contributed by atoms with E-state index in [0.717, 1.165) is 12.2 Å². The number of amides is 1. The smallest absolute Gasteiger partial charge is 0.331 e. The summed E-state index contributed by atoms with van der Waals surface area (Å²) in [5.74, 6) is -4.21. The molecule has 0 heterocycles. The Kier molecular flexibility index (Phi) is 8.85. The number of esters is 1. The summed E-state index contributed by atoms with van der Waals surface area (Å²) in [6.07, 6.45) is 3.09. The van der Waals surface area contributed by atoms with Crippen LogP contribution in [0.25, 0.3) is 12.2 Å². The van der Waals surface area contributed by atoms with E-state index < -0.39 is 35.7 Å². The largest absolute Gasteiger partial charge is 0.481 e. The van der Waals surface area contributed by atoms with Crippen LogP contribution in [0.2, 0.25) is 0 Å². The first-order valence-corrected chi connectivity index (χ1v) is 9.39. The predicted octanol–water partition coefficient (Wildman–Crippen LogP) is 2.81. The Morgan fingerprint density at radius 1 is 0.906 bits per heavy atom. The van der Waals surface area contributed by atoms with Crippen molar-refractivity contribution in [3.63, 3.8) is 0 Å². The van der Waals surface area contributed by atoms with E-state index in [4.69, 9.17) is 14.9 Å². The third-order valence-electron chi connectivity index (χ3n) is 4.05. The summed E-state index contributed by atoms with van der Waals surface area (Å²) in [5.41, 5.74) is 1.39. The fraction of sp³-hybridized carbons (Fsp3) is 0.130. The van der Waals surface area contributed by atoms with Gasteiger partial charge in [0.2, 0.25) is 6.10 Å². The minimum atomic E-state index is -1.37. The van der Waals surface area contributed by atoms with Crippen molar-refractivity contribution in [2.24, 2.45) is 0 Å². The Balaban J connectivity index is 2.16. The molecule has 0 saturated carbocycles. The number of ether oxygens (including phenoxy) is 1. The summed E-state index contributed by atoms with van der Waals surface area (Å²) in [4.78, 5) is 46.1. The molecule has 0 aromatic heterocycles. The summed E-state index contributed by atoms with van der Waals surface area (Å²) in [5, 5.41) is 19.8. The van der Waals surface area contributed by atoms with Crippen molar-refractivity contribution >= 4 is 36.0 Å². The standard InChI is InChI=1S/C23H20FNO7/c24-18-9-3-16(4-10-18)6-12-21(30)32-22(23(31)25-14-13-20(28)29)17-7-1-15(2-8-17)5-11-19(26)27/h1-12,22H,13-14H2,(H,25,31)(H,26,27)(H,28,29)/b11-5+,12-6+. The lowest BCUT2D eigenvalue weighted by atomic mass is 10.1. The van der Waals surface area contributed by atoms with Gasteiger partial charge in [-0.3, -0.25) is 9.59 Å². The number of carboxylic acids is 2. The Morgan fingerprint density at radius 3 is 2.03 bits per heavy atom. The lowest BCUT2D eigenvalue weighted by Crippen LogP contribution is -2.33. The molecule has 0 aliphatic carbocycles.